The molecular weight excluding hydrogens is 357 g/mol. The van der Waals surface area contributed by atoms with Crippen molar-refractivity contribution in [3.63, 3.8) is 0 Å². The molecule has 0 aliphatic carbocycles. The third-order valence-corrected chi connectivity index (χ3v) is 4.17. The Kier molecular flexibility index (Phi) is 6.45. The average Bonchev–Trinajstić information content (AvgIpc) is 2.50. The number of para-hydroxylation sites is 1. The minimum absolute atomic E-state index is 0.205. The van der Waals surface area contributed by atoms with Gasteiger partial charge >= 0.3 is 0 Å². The van der Waals surface area contributed by atoms with Crippen molar-refractivity contribution in [2.24, 2.45) is 0 Å². The summed E-state index contributed by atoms with van der Waals surface area (Å²) in [5, 5.41) is 3.60. The molecule has 7 heteroatoms. The van der Waals surface area contributed by atoms with Gasteiger partial charge < -0.3 is 10.1 Å². The monoisotopic (exact) mass is 371 g/mol. The number of benzene rings is 2. The van der Waals surface area contributed by atoms with E-state index in [4.69, 9.17) is 27.9 Å². The molecule has 0 bridgehead atoms. The summed E-state index contributed by atoms with van der Waals surface area (Å²) >= 11 is 11.8. The molecule has 0 saturated heterocycles. The van der Waals surface area contributed by atoms with Gasteiger partial charge in [0.25, 0.3) is 5.91 Å². The maximum Gasteiger partial charge on any atom is 0.262 e. The van der Waals surface area contributed by atoms with Crippen LogP contribution in [-0.2, 0) is 21.3 Å². The Morgan fingerprint density at radius 3 is 2.70 bits per heavy atom. The van der Waals surface area contributed by atoms with Crippen LogP contribution >= 0.6 is 23.2 Å². The summed E-state index contributed by atoms with van der Waals surface area (Å²) in [4.78, 5) is 12.0. The molecule has 1 N–H and O–H groups in total. The predicted molar refractivity (Wildman–Crippen MR) is 94.8 cm³/mol. The summed E-state index contributed by atoms with van der Waals surface area (Å²) in [5.41, 5.74) is 1.43. The normalized spacial score (nSPS) is 11.8. The lowest BCUT2D eigenvalue weighted by Crippen LogP contribution is -2.21. The lowest BCUT2D eigenvalue weighted by atomic mass is 10.2. The van der Waals surface area contributed by atoms with E-state index in [0.29, 0.717) is 27.2 Å². The third kappa shape index (κ3) is 5.53. The average molecular weight is 372 g/mol. The Morgan fingerprint density at radius 2 is 1.96 bits per heavy atom. The van der Waals surface area contributed by atoms with E-state index < -0.39 is 10.8 Å². The fraction of sp³-hybridized carbons (Fsp3) is 0.188. The Labute approximate surface area is 147 Å². The summed E-state index contributed by atoms with van der Waals surface area (Å²) in [6.45, 7) is -0.205. The van der Waals surface area contributed by atoms with Crippen molar-refractivity contribution in [1.29, 1.82) is 0 Å². The molecule has 0 heterocycles. The molecule has 2 rings (SSSR count). The quantitative estimate of drug-likeness (QED) is 0.837. The molecule has 2 aromatic rings. The summed E-state index contributed by atoms with van der Waals surface area (Å²) in [6, 6.07) is 12.0. The van der Waals surface area contributed by atoms with Crippen LogP contribution in [0.4, 0.5) is 5.69 Å². The molecule has 4 nitrogen and oxygen atoms in total. The van der Waals surface area contributed by atoms with Crippen LogP contribution in [0.5, 0.6) is 5.75 Å². The standard InChI is InChI=1S/C16H15Cl2NO3S/c1-23(21)10-11-4-2-3-5-14(11)19-16(20)9-22-15-8-12(17)6-7-13(15)18/h2-8H,9-10H2,1H3,(H,19,20)/t23-/m1/s1. The number of amides is 1. The zero-order valence-electron chi connectivity index (χ0n) is 12.3. The number of carbonyl (C=O) groups is 1. The molecule has 0 aromatic heterocycles. The van der Waals surface area contributed by atoms with E-state index in [-0.39, 0.29) is 12.5 Å². The maximum atomic E-state index is 12.0. The van der Waals surface area contributed by atoms with Gasteiger partial charge in [-0.05, 0) is 23.8 Å². The second-order valence-corrected chi connectivity index (χ2v) is 7.06. The van der Waals surface area contributed by atoms with E-state index in [1.807, 2.05) is 12.1 Å². The highest BCUT2D eigenvalue weighted by atomic mass is 35.5. The fourth-order valence-corrected chi connectivity index (χ4v) is 2.93. The molecule has 0 aliphatic rings. The Hall–Kier alpha value is -1.56. The van der Waals surface area contributed by atoms with Crippen LogP contribution in [0.25, 0.3) is 0 Å². The van der Waals surface area contributed by atoms with Crippen molar-refractivity contribution >= 4 is 45.6 Å². The van der Waals surface area contributed by atoms with Gasteiger partial charge in [0.2, 0.25) is 0 Å². The zero-order valence-corrected chi connectivity index (χ0v) is 14.7. The molecule has 0 unspecified atom stereocenters. The number of anilines is 1. The minimum Gasteiger partial charge on any atom is -0.482 e. The molecular formula is C16H15Cl2NO3S. The smallest absolute Gasteiger partial charge is 0.262 e. The molecule has 0 aliphatic heterocycles. The first-order valence-corrected chi connectivity index (χ1v) is 9.19. The van der Waals surface area contributed by atoms with Crippen LogP contribution in [0.2, 0.25) is 10.0 Å². The van der Waals surface area contributed by atoms with Crippen LogP contribution in [0.15, 0.2) is 42.5 Å². The fourth-order valence-electron chi connectivity index (χ4n) is 1.90. The predicted octanol–water partition coefficient (Wildman–Crippen LogP) is 3.89. The molecule has 23 heavy (non-hydrogen) atoms. The highest BCUT2D eigenvalue weighted by Gasteiger charge is 2.10. The molecule has 1 amide bonds. The number of halogens is 2. The van der Waals surface area contributed by atoms with E-state index in [1.54, 1.807) is 36.6 Å². The van der Waals surface area contributed by atoms with Crippen LogP contribution in [0, 0.1) is 0 Å². The minimum atomic E-state index is -0.995. The first-order valence-electron chi connectivity index (χ1n) is 6.71. The van der Waals surface area contributed by atoms with Gasteiger partial charge in [-0.15, -0.1) is 0 Å². The number of ether oxygens (including phenoxy) is 1. The van der Waals surface area contributed by atoms with Crippen molar-refractivity contribution in [1.82, 2.24) is 0 Å². The van der Waals surface area contributed by atoms with Gasteiger partial charge in [-0.25, -0.2) is 0 Å². The number of rotatable bonds is 6. The topological polar surface area (TPSA) is 55.4 Å². The SMILES string of the molecule is C[S@@](=O)Cc1ccccc1NC(=O)COc1cc(Cl)ccc1Cl. The summed E-state index contributed by atoms with van der Waals surface area (Å²) in [5.74, 6) is 0.380. The molecule has 0 spiro atoms. The van der Waals surface area contributed by atoms with Crippen LogP contribution in [-0.4, -0.2) is 23.0 Å². The first kappa shape index (κ1) is 17.8. The van der Waals surface area contributed by atoms with Crippen LogP contribution in [0.1, 0.15) is 5.56 Å². The van der Waals surface area contributed by atoms with E-state index in [2.05, 4.69) is 5.32 Å². The van der Waals surface area contributed by atoms with Gasteiger partial charge in [0.1, 0.15) is 5.75 Å². The Bertz CT molecular complexity index is 737. The molecule has 1 atom stereocenters. The molecule has 0 fully saturated rings. The summed E-state index contributed by atoms with van der Waals surface area (Å²) < 4.78 is 16.8. The van der Waals surface area contributed by atoms with Crippen molar-refractivity contribution in [2.75, 3.05) is 18.2 Å². The van der Waals surface area contributed by atoms with Gasteiger partial charge in [-0.1, -0.05) is 41.4 Å². The van der Waals surface area contributed by atoms with Gasteiger partial charge in [0, 0.05) is 33.8 Å². The maximum absolute atomic E-state index is 12.0. The zero-order chi connectivity index (χ0) is 16.8. The van der Waals surface area contributed by atoms with Crippen molar-refractivity contribution in [2.45, 2.75) is 5.75 Å². The van der Waals surface area contributed by atoms with Gasteiger partial charge in [0.15, 0.2) is 6.61 Å². The van der Waals surface area contributed by atoms with E-state index in [0.717, 1.165) is 5.56 Å². The Balaban J connectivity index is 2.00. The van der Waals surface area contributed by atoms with Crippen LogP contribution < -0.4 is 10.1 Å². The number of carbonyl (C=O) groups excluding carboxylic acids is 1. The van der Waals surface area contributed by atoms with E-state index >= 15 is 0 Å². The van der Waals surface area contributed by atoms with Crippen molar-refractivity contribution in [3.8, 4) is 5.75 Å². The van der Waals surface area contributed by atoms with Crippen LogP contribution in [0.3, 0.4) is 0 Å². The number of hydrogen-bond donors (Lipinski definition) is 1. The second-order valence-electron chi connectivity index (χ2n) is 4.79. The molecule has 122 valence electrons. The van der Waals surface area contributed by atoms with Gasteiger partial charge in [0.05, 0.1) is 10.8 Å². The Morgan fingerprint density at radius 1 is 1.22 bits per heavy atom. The van der Waals surface area contributed by atoms with E-state index in [1.165, 1.54) is 0 Å². The molecule has 0 radical (unpaired) electrons. The first-order chi connectivity index (χ1) is 11.0. The largest absolute Gasteiger partial charge is 0.482 e. The van der Waals surface area contributed by atoms with Gasteiger partial charge in [-0.3, -0.25) is 9.00 Å². The van der Waals surface area contributed by atoms with Gasteiger partial charge in [-0.2, -0.15) is 0 Å². The summed E-state index contributed by atoms with van der Waals surface area (Å²) in [6.07, 6.45) is 1.61. The number of hydrogen-bond acceptors (Lipinski definition) is 3. The van der Waals surface area contributed by atoms with E-state index in [9.17, 15) is 9.00 Å². The molecule has 0 saturated carbocycles. The summed E-state index contributed by atoms with van der Waals surface area (Å²) in [7, 11) is -0.995. The highest BCUT2D eigenvalue weighted by Crippen LogP contribution is 2.27. The lowest BCUT2D eigenvalue weighted by molar-refractivity contribution is -0.118. The third-order valence-electron chi connectivity index (χ3n) is 2.90. The van der Waals surface area contributed by atoms with Crippen molar-refractivity contribution in [3.05, 3.63) is 58.1 Å². The van der Waals surface area contributed by atoms with Crippen molar-refractivity contribution < 1.29 is 13.7 Å². The highest BCUT2D eigenvalue weighted by molar-refractivity contribution is 7.83. The second kappa shape index (κ2) is 8.34. The number of nitrogens with one attached hydrogen (secondary N) is 1. The lowest BCUT2D eigenvalue weighted by Gasteiger charge is -2.11. The molecule has 2 aromatic carbocycles.